The van der Waals surface area contributed by atoms with E-state index in [1.807, 2.05) is 19.9 Å². The van der Waals surface area contributed by atoms with Crippen LogP contribution < -0.4 is 0 Å². The number of hydrogen-bond acceptors (Lipinski definition) is 9. The second-order valence-electron chi connectivity index (χ2n) is 12.8. The van der Waals surface area contributed by atoms with Gasteiger partial charge in [-0.25, -0.2) is 0 Å². The maximum atomic E-state index is 13.6. The van der Waals surface area contributed by atoms with Gasteiger partial charge in [0.05, 0.1) is 30.3 Å². The minimum absolute atomic E-state index is 0.134. The molecule has 9 nitrogen and oxygen atoms in total. The predicted molar refractivity (Wildman–Crippen MR) is 183 cm³/mol. The third kappa shape index (κ3) is 12.4. The Labute approximate surface area is 287 Å². The fraction of sp³-hybridized carbons (Fsp3) is 0.658. The van der Waals surface area contributed by atoms with Gasteiger partial charge < -0.3 is 23.7 Å². The van der Waals surface area contributed by atoms with Crippen molar-refractivity contribution in [1.82, 2.24) is 0 Å². The molecule has 0 amide bonds. The summed E-state index contributed by atoms with van der Waals surface area (Å²) in [5.74, 6) is 5.53. The zero-order valence-corrected chi connectivity index (χ0v) is 29.7. The SMILES string of the molecule is CC#CCC[C@@H](C=C[C@@H]1[C@@H](CC=CCCCC(=O)OC)[C@H](OS(=O)(=O)c2ccc(C)cc2)C[C@H]1OC1CCCCO1)OC1CCCCO1. The highest BCUT2D eigenvalue weighted by atomic mass is 32.2. The van der Waals surface area contributed by atoms with Crippen molar-refractivity contribution in [3.05, 3.63) is 54.1 Å². The van der Waals surface area contributed by atoms with Gasteiger partial charge in [0, 0.05) is 38.4 Å². The van der Waals surface area contributed by atoms with Crippen LogP contribution in [0.25, 0.3) is 0 Å². The molecule has 7 atom stereocenters. The summed E-state index contributed by atoms with van der Waals surface area (Å²) in [6.45, 7) is 5.09. The van der Waals surface area contributed by atoms with E-state index >= 15 is 0 Å². The third-order valence-electron chi connectivity index (χ3n) is 9.19. The lowest BCUT2D eigenvalue weighted by Crippen LogP contribution is -2.31. The van der Waals surface area contributed by atoms with Gasteiger partial charge in [0.25, 0.3) is 10.1 Å². The van der Waals surface area contributed by atoms with Crippen molar-refractivity contribution < 1.29 is 41.1 Å². The van der Waals surface area contributed by atoms with Gasteiger partial charge in [-0.3, -0.25) is 8.98 Å². The Hall–Kier alpha value is -2.52. The molecule has 0 radical (unpaired) electrons. The van der Waals surface area contributed by atoms with Crippen LogP contribution in [0.5, 0.6) is 0 Å². The Morgan fingerprint density at radius 2 is 1.75 bits per heavy atom. The van der Waals surface area contributed by atoms with Crippen molar-refractivity contribution in [3.63, 3.8) is 0 Å². The van der Waals surface area contributed by atoms with Gasteiger partial charge >= 0.3 is 5.97 Å². The molecule has 3 aliphatic rings. The van der Waals surface area contributed by atoms with E-state index in [-0.39, 0.29) is 47.5 Å². The van der Waals surface area contributed by atoms with E-state index in [0.29, 0.717) is 58.2 Å². The fourth-order valence-corrected chi connectivity index (χ4v) is 7.63. The number of hydrogen-bond donors (Lipinski definition) is 0. The number of esters is 1. The molecule has 0 N–H and O–H groups in total. The number of rotatable bonds is 17. The second-order valence-corrected chi connectivity index (χ2v) is 14.4. The molecule has 4 rings (SSSR count). The van der Waals surface area contributed by atoms with Crippen LogP contribution in [-0.2, 0) is 42.8 Å². The van der Waals surface area contributed by atoms with Crippen LogP contribution >= 0.6 is 0 Å². The highest BCUT2D eigenvalue weighted by molar-refractivity contribution is 7.86. The highest BCUT2D eigenvalue weighted by Crippen LogP contribution is 2.42. The number of unbranched alkanes of at least 4 members (excludes halogenated alkanes) is 1. The molecule has 0 aromatic heterocycles. The van der Waals surface area contributed by atoms with Gasteiger partial charge in [0.2, 0.25) is 0 Å². The maximum absolute atomic E-state index is 13.6. The first-order valence-corrected chi connectivity index (χ1v) is 19.0. The van der Waals surface area contributed by atoms with Crippen LogP contribution in [0, 0.1) is 30.6 Å². The monoisotopic (exact) mass is 686 g/mol. The van der Waals surface area contributed by atoms with Crippen LogP contribution in [0.1, 0.15) is 96.0 Å². The molecule has 2 aliphatic heterocycles. The van der Waals surface area contributed by atoms with Crippen LogP contribution in [-0.4, -0.2) is 65.6 Å². The van der Waals surface area contributed by atoms with Gasteiger partial charge in [-0.05, 0) is 96.1 Å². The number of ether oxygens (including phenoxy) is 5. The molecule has 1 aromatic rings. The van der Waals surface area contributed by atoms with E-state index < -0.39 is 16.2 Å². The summed E-state index contributed by atoms with van der Waals surface area (Å²) in [4.78, 5) is 11.7. The molecule has 48 heavy (non-hydrogen) atoms. The molecule has 3 fully saturated rings. The number of allylic oxidation sites excluding steroid dienone is 2. The summed E-state index contributed by atoms with van der Waals surface area (Å²) in [6.07, 6.45) is 16.5. The van der Waals surface area contributed by atoms with E-state index in [1.54, 1.807) is 24.3 Å². The van der Waals surface area contributed by atoms with Gasteiger partial charge in [-0.15, -0.1) is 11.8 Å². The van der Waals surface area contributed by atoms with Gasteiger partial charge in [-0.1, -0.05) is 42.0 Å². The summed E-state index contributed by atoms with van der Waals surface area (Å²) in [5, 5.41) is 0. The van der Waals surface area contributed by atoms with Gasteiger partial charge in [0.1, 0.15) is 0 Å². The topological polar surface area (TPSA) is 107 Å². The second kappa shape index (κ2) is 20.2. The summed E-state index contributed by atoms with van der Waals surface area (Å²) in [7, 11) is -2.64. The molecule has 1 aromatic carbocycles. The lowest BCUT2D eigenvalue weighted by molar-refractivity contribution is -0.193. The Bertz CT molecular complexity index is 1330. The Morgan fingerprint density at radius 1 is 1.02 bits per heavy atom. The van der Waals surface area contributed by atoms with Gasteiger partial charge in [0.15, 0.2) is 12.6 Å². The van der Waals surface area contributed by atoms with E-state index in [9.17, 15) is 13.2 Å². The smallest absolute Gasteiger partial charge is 0.305 e. The van der Waals surface area contributed by atoms with Crippen molar-refractivity contribution >= 4 is 16.1 Å². The zero-order valence-electron chi connectivity index (χ0n) is 28.8. The Morgan fingerprint density at radius 3 is 2.42 bits per heavy atom. The Kier molecular flexibility index (Phi) is 16.1. The number of carbonyl (C=O) groups is 1. The van der Waals surface area contributed by atoms with Crippen LogP contribution in [0.2, 0.25) is 0 Å². The summed E-state index contributed by atoms with van der Waals surface area (Å²) in [6, 6.07) is 6.73. The minimum atomic E-state index is -4.03. The molecule has 2 heterocycles. The average molecular weight is 687 g/mol. The largest absolute Gasteiger partial charge is 0.469 e. The van der Waals surface area contributed by atoms with Crippen LogP contribution in [0.15, 0.2) is 53.5 Å². The van der Waals surface area contributed by atoms with E-state index in [2.05, 4.69) is 30.1 Å². The number of benzene rings is 1. The summed E-state index contributed by atoms with van der Waals surface area (Å²) in [5.41, 5.74) is 0.969. The van der Waals surface area contributed by atoms with Gasteiger partial charge in [-0.2, -0.15) is 8.42 Å². The predicted octanol–water partition coefficient (Wildman–Crippen LogP) is 7.18. The molecule has 10 heteroatoms. The Balaban J connectivity index is 1.60. The molecule has 0 bridgehead atoms. The van der Waals surface area contributed by atoms with E-state index in [4.69, 9.17) is 27.9 Å². The highest BCUT2D eigenvalue weighted by Gasteiger charge is 2.46. The van der Waals surface area contributed by atoms with Crippen molar-refractivity contribution in [1.29, 1.82) is 0 Å². The molecule has 266 valence electrons. The standard InChI is InChI=1S/C38H54O9S/c1-4-5-8-15-30(45-37-18-11-13-26-43-37)22-25-33-32(16-9-6-7-10-17-36(39)42-3)35(28-34(33)46-38-19-12-14-27-44-38)47-48(40,41)31-23-20-29(2)21-24-31/h6,9,20-25,30,32-35,37-38H,7-8,10-19,26-28H2,1-3H3/t30-,32+,33+,34+,35+,37?,38?/m0/s1. The van der Waals surface area contributed by atoms with Crippen molar-refractivity contribution in [2.75, 3.05) is 20.3 Å². The molecule has 0 spiro atoms. The van der Waals surface area contributed by atoms with Crippen LogP contribution in [0.3, 0.4) is 0 Å². The zero-order chi connectivity index (χ0) is 34.2. The fourth-order valence-electron chi connectivity index (χ4n) is 6.51. The molecule has 2 saturated heterocycles. The van der Waals surface area contributed by atoms with Crippen LogP contribution in [0.4, 0.5) is 0 Å². The molecule has 2 unspecified atom stereocenters. The normalized spacial score (nSPS) is 27.1. The summed E-state index contributed by atoms with van der Waals surface area (Å²) >= 11 is 0. The molecular formula is C38H54O9S. The van der Waals surface area contributed by atoms with E-state index in [0.717, 1.165) is 44.1 Å². The van der Waals surface area contributed by atoms with Crippen molar-refractivity contribution in [3.8, 4) is 11.8 Å². The number of methoxy groups -OCH3 is 1. The molecular weight excluding hydrogens is 632 g/mol. The first-order chi connectivity index (χ1) is 23.3. The van der Waals surface area contributed by atoms with Crippen molar-refractivity contribution in [2.45, 2.75) is 133 Å². The quantitative estimate of drug-likeness (QED) is 0.0554. The first-order valence-electron chi connectivity index (χ1n) is 17.6. The maximum Gasteiger partial charge on any atom is 0.305 e. The first kappa shape index (κ1) is 38.3. The molecule has 1 aliphatic carbocycles. The minimum Gasteiger partial charge on any atom is -0.469 e. The van der Waals surface area contributed by atoms with E-state index in [1.165, 1.54) is 7.11 Å². The lowest BCUT2D eigenvalue weighted by Gasteiger charge is -2.30. The lowest BCUT2D eigenvalue weighted by atomic mass is 9.89. The number of carbonyl (C=O) groups excluding carboxylic acids is 1. The molecule has 1 saturated carbocycles. The number of aryl methyl sites for hydroxylation is 1. The average Bonchev–Trinajstić information content (AvgIpc) is 3.40. The summed E-state index contributed by atoms with van der Waals surface area (Å²) < 4.78 is 62.9. The third-order valence-corrected chi connectivity index (χ3v) is 10.5. The van der Waals surface area contributed by atoms with Crippen molar-refractivity contribution in [2.24, 2.45) is 11.8 Å².